The van der Waals surface area contributed by atoms with Crippen molar-refractivity contribution in [3.05, 3.63) is 16.4 Å². The monoisotopic (exact) mass is 271 g/mol. The molecule has 2 aromatic rings. The molecule has 0 radical (unpaired) electrons. The number of alkyl halides is 3. The number of hydrogen-bond donors (Lipinski definition) is 0. The molecule has 0 unspecified atom stereocenters. The molecule has 0 aromatic carbocycles. The number of rotatable bonds is 3. The Morgan fingerprint density at radius 1 is 1.50 bits per heavy atom. The Hall–Kier alpha value is -0.860. The number of imidazole rings is 1. The van der Waals surface area contributed by atoms with Gasteiger partial charge in [0.15, 0.2) is 5.15 Å². The van der Waals surface area contributed by atoms with E-state index in [1.54, 1.807) is 0 Å². The maximum atomic E-state index is 11.8. The van der Waals surface area contributed by atoms with Crippen LogP contribution >= 0.6 is 22.9 Å². The van der Waals surface area contributed by atoms with Crippen LogP contribution in [0.5, 0.6) is 0 Å². The van der Waals surface area contributed by atoms with Crippen molar-refractivity contribution in [3.63, 3.8) is 0 Å². The molecule has 0 spiro atoms. The van der Waals surface area contributed by atoms with E-state index in [0.29, 0.717) is 15.1 Å². The van der Waals surface area contributed by atoms with E-state index in [2.05, 4.69) is 14.8 Å². The van der Waals surface area contributed by atoms with Crippen LogP contribution < -0.4 is 0 Å². The van der Waals surface area contributed by atoms with Gasteiger partial charge in [-0.15, -0.1) is 0 Å². The van der Waals surface area contributed by atoms with Crippen LogP contribution in [0.3, 0.4) is 0 Å². The number of nitrogens with zero attached hydrogens (tertiary/aromatic N) is 3. The molecule has 16 heavy (non-hydrogen) atoms. The first kappa shape index (κ1) is 11.6. The lowest BCUT2D eigenvalue weighted by atomic mass is 10.7. The van der Waals surface area contributed by atoms with Crippen molar-refractivity contribution in [2.45, 2.75) is 12.8 Å². The maximum absolute atomic E-state index is 11.8. The molecule has 4 nitrogen and oxygen atoms in total. The van der Waals surface area contributed by atoms with Crippen molar-refractivity contribution in [2.24, 2.45) is 0 Å². The molecule has 0 amide bonds. The normalized spacial score (nSPS) is 12.5. The van der Waals surface area contributed by atoms with Gasteiger partial charge in [-0.1, -0.05) is 22.9 Å². The van der Waals surface area contributed by atoms with Crippen LogP contribution in [0.4, 0.5) is 13.2 Å². The van der Waals surface area contributed by atoms with Gasteiger partial charge >= 0.3 is 6.18 Å². The molecule has 0 saturated heterocycles. The van der Waals surface area contributed by atoms with Crippen LogP contribution in [-0.2, 0) is 11.3 Å². The summed E-state index contributed by atoms with van der Waals surface area (Å²) >= 11 is 6.85. The fourth-order valence-electron chi connectivity index (χ4n) is 1.02. The minimum atomic E-state index is -4.32. The lowest BCUT2D eigenvalue weighted by molar-refractivity contribution is -0.176. The summed E-state index contributed by atoms with van der Waals surface area (Å²) in [7, 11) is 0. The lowest BCUT2D eigenvalue weighted by Gasteiger charge is -2.04. The number of halogens is 4. The largest absolute Gasteiger partial charge is 0.411 e. The van der Waals surface area contributed by atoms with Crippen molar-refractivity contribution in [1.82, 2.24) is 14.6 Å². The van der Waals surface area contributed by atoms with Crippen molar-refractivity contribution in [1.29, 1.82) is 0 Å². The number of hydrogen-bond acceptors (Lipinski definition) is 4. The van der Waals surface area contributed by atoms with Crippen LogP contribution in [0.1, 0.15) is 5.01 Å². The average molecular weight is 272 g/mol. The third-order valence-electron chi connectivity index (χ3n) is 1.58. The summed E-state index contributed by atoms with van der Waals surface area (Å²) in [6.07, 6.45) is -2.91. The van der Waals surface area contributed by atoms with Gasteiger partial charge < -0.3 is 4.74 Å². The van der Waals surface area contributed by atoms with Gasteiger partial charge in [0.25, 0.3) is 0 Å². The summed E-state index contributed by atoms with van der Waals surface area (Å²) < 4.78 is 41.2. The van der Waals surface area contributed by atoms with E-state index in [1.165, 1.54) is 10.7 Å². The third kappa shape index (κ3) is 2.63. The predicted molar refractivity (Wildman–Crippen MR) is 51.6 cm³/mol. The van der Waals surface area contributed by atoms with Crippen molar-refractivity contribution < 1.29 is 17.9 Å². The molecule has 2 rings (SSSR count). The Balaban J connectivity index is 2.00. The van der Waals surface area contributed by atoms with Gasteiger partial charge in [0.1, 0.15) is 18.2 Å². The van der Waals surface area contributed by atoms with E-state index in [0.717, 1.165) is 11.3 Å². The summed E-state index contributed by atoms with van der Waals surface area (Å²) in [4.78, 5) is 4.43. The van der Waals surface area contributed by atoms with Gasteiger partial charge in [-0.05, 0) is 0 Å². The van der Waals surface area contributed by atoms with Crippen LogP contribution in [0, 0.1) is 0 Å². The van der Waals surface area contributed by atoms with E-state index in [9.17, 15) is 13.2 Å². The molecular weight excluding hydrogens is 267 g/mol. The first-order chi connectivity index (χ1) is 7.46. The highest BCUT2D eigenvalue weighted by molar-refractivity contribution is 7.16. The SMILES string of the molecule is FC(F)(F)COCc1nn2c(Cl)cnc2s1. The molecular formula is C7H5ClF3N3OS. The maximum Gasteiger partial charge on any atom is 0.411 e. The van der Waals surface area contributed by atoms with Crippen molar-refractivity contribution in [2.75, 3.05) is 6.61 Å². The quantitative estimate of drug-likeness (QED) is 0.861. The van der Waals surface area contributed by atoms with Crippen LogP contribution in [0.25, 0.3) is 4.96 Å². The molecule has 0 N–H and O–H groups in total. The molecule has 0 aliphatic carbocycles. The predicted octanol–water partition coefficient (Wildman–Crippen LogP) is 2.52. The lowest BCUT2D eigenvalue weighted by Crippen LogP contribution is -2.16. The second-order valence-corrected chi connectivity index (χ2v) is 4.31. The van der Waals surface area contributed by atoms with Gasteiger partial charge in [-0.2, -0.15) is 22.8 Å². The van der Waals surface area contributed by atoms with E-state index in [-0.39, 0.29) is 6.61 Å². The number of fused-ring (bicyclic) bond motifs is 1. The number of ether oxygens (including phenoxy) is 1. The number of aromatic nitrogens is 3. The highest BCUT2D eigenvalue weighted by Gasteiger charge is 2.27. The van der Waals surface area contributed by atoms with Crippen LogP contribution in [-0.4, -0.2) is 27.4 Å². The summed E-state index contributed by atoms with van der Waals surface area (Å²) in [6, 6.07) is 0. The molecule has 2 aromatic heterocycles. The Labute approximate surface area is 96.6 Å². The Bertz CT molecular complexity index is 494. The van der Waals surface area contributed by atoms with E-state index < -0.39 is 12.8 Å². The molecule has 88 valence electrons. The smallest absolute Gasteiger partial charge is 0.365 e. The molecule has 2 heterocycles. The van der Waals surface area contributed by atoms with Crippen molar-refractivity contribution in [3.8, 4) is 0 Å². The van der Waals surface area contributed by atoms with Gasteiger partial charge in [0.2, 0.25) is 4.96 Å². The third-order valence-corrected chi connectivity index (χ3v) is 2.73. The zero-order valence-corrected chi connectivity index (χ0v) is 9.23. The van der Waals surface area contributed by atoms with Gasteiger partial charge in [0, 0.05) is 0 Å². The Kier molecular flexibility index (Phi) is 3.04. The first-order valence-electron chi connectivity index (χ1n) is 4.09. The second-order valence-electron chi connectivity index (χ2n) is 2.88. The second kappa shape index (κ2) is 4.19. The summed E-state index contributed by atoms with van der Waals surface area (Å²) in [5.41, 5.74) is 0. The molecule has 0 fully saturated rings. The average Bonchev–Trinajstić information content (AvgIpc) is 2.67. The molecule has 0 saturated carbocycles. The van der Waals surface area contributed by atoms with Crippen LogP contribution in [0.2, 0.25) is 5.15 Å². The van der Waals surface area contributed by atoms with E-state index >= 15 is 0 Å². The zero-order valence-electron chi connectivity index (χ0n) is 7.66. The van der Waals surface area contributed by atoms with Gasteiger partial charge in [0.05, 0.1) is 6.20 Å². The Morgan fingerprint density at radius 3 is 2.88 bits per heavy atom. The fourth-order valence-corrected chi connectivity index (χ4v) is 2.04. The van der Waals surface area contributed by atoms with Gasteiger partial charge in [-0.3, -0.25) is 0 Å². The minimum Gasteiger partial charge on any atom is -0.365 e. The summed E-state index contributed by atoms with van der Waals surface area (Å²) in [5.74, 6) is 0. The minimum absolute atomic E-state index is 0.204. The standard InChI is InChI=1S/C7H5ClF3N3OS/c8-4-1-12-6-14(4)13-5(16-6)2-15-3-7(9,10)11/h1H,2-3H2. The van der Waals surface area contributed by atoms with Crippen LogP contribution in [0.15, 0.2) is 6.20 Å². The summed E-state index contributed by atoms with van der Waals surface area (Å²) in [6.45, 7) is -1.49. The highest BCUT2D eigenvalue weighted by atomic mass is 35.5. The topological polar surface area (TPSA) is 39.4 Å². The summed E-state index contributed by atoms with van der Waals surface area (Å²) in [5, 5.41) is 4.65. The molecule has 0 aliphatic rings. The fraction of sp³-hybridized carbons (Fsp3) is 0.429. The molecule has 9 heteroatoms. The molecule has 0 aliphatic heterocycles. The first-order valence-corrected chi connectivity index (χ1v) is 5.28. The highest BCUT2D eigenvalue weighted by Crippen LogP contribution is 2.20. The van der Waals surface area contributed by atoms with Crippen molar-refractivity contribution >= 4 is 27.9 Å². The van der Waals surface area contributed by atoms with E-state index in [1.807, 2.05) is 0 Å². The molecule has 0 bridgehead atoms. The van der Waals surface area contributed by atoms with Gasteiger partial charge in [-0.25, -0.2) is 4.98 Å². The molecule has 0 atom stereocenters. The Morgan fingerprint density at radius 2 is 2.25 bits per heavy atom. The van der Waals surface area contributed by atoms with E-state index in [4.69, 9.17) is 11.6 Å². The zero-order chi connectivity index (χ0) is 11.8.